The first-order valence-corrected chi connectivity index (χ1v) is 5.75. The van der Waals surface area contributed by atoms with Crippen LogP contribution in [0.25, 0.3) is 10.9 Å². The third kappa shape index (κ3) is 2.30. The van der Waals surface area contributed by atoms with Crippen molar-refractivity contribution in [3.8, 4) is 0 Å². The summed E-state index contributed by atoms with van der Waals surface area (Å²) in [5.74, 6) is 1.83. The third-order valence-corrected chi connectivity index (χ3v) is 2.64. The van der Waals surface area contributed by atoms with E-state index in [-0.39, 0.29) is 0 Å². The molecule has 19 heavy (non-hydrogen) atoms. The molecule has 3 aromatic rings. The minimum Gasteiger partial charge on any atom is -0.399 e. The predicted molar refractivity (Wildman–Crippen MR) is 70.3 cm³/mol. The van der Waals surface area contributed by atoms with Crippen molar-refractivity contribution in [2.45, 2.75) is 13.5 Å². The number of aromatic nitrogens is 4. The molecular formula is C12H12N6O. The molecular weight excluding hydrogens is 244 g/mol. The maximum absolute atomic E-state index is 5.73. The van der Waals surface area contributed by atoms with E-state index in [9.17, 15) is 0 Å². The quantitative estimate of drug-likeness (QED) is 0.684. The Morgan fingerprint density at radius 2 is 2.21 bits per heavy atom. The lowest BCUT2D eigenvalue weighted by Crippen LogP contribution is -2.03. The van der Waals surface area contributed by atoms with Gasteiger partial charge in [-0.2, -0.15) is 4.98 Å². The van der Waals surface area contributed by atoms with Crippen LogP contribution in [0.4, 0.5) is 11.5 Å². The number of nitrogens with two attached hydrogens (primary N) is 1. The number of anilines is 2. The molecule has 2 aromatic heterocycles. The summed E-state index contributed by atoms with van der Waals surface area (Å²) in [5.41, 5.74) is 7.19. The number of rotatable bonds is 3. The van der Waals surface area contributed by atoms with Crippen LogP contribution in [0.15, 0.2) is 29.0 Å². The smallest absolute Gasteiger partial charge is 0.245 e. The van der Waals surface area contributed by atoms with Gasteiger partial charge in [-0.1, -0.05) is 5.16 Å². The second-order valence-corrected chi connectivity index (χ2v) is 4.09. The molecule has 7 heteroatoms. The van der Waals surface area contributed by atoms with Gasteiger partial charge in [0.1, 0.15) is 12.1 Å². The molecule has 0 spiro atoms. The Morgan fingerprint density at radius 1 is 1.32 bits per heavy atom. The van der Waals surface area contributed by atoms with Gasteiger partial charge in [0.05, 0.1) is 12.1 Å². The van der Waals surface area contributed by atoms with Crippen molar-refractivity contribution in [3.05, 3.63) is 36.2 Å². The topological polar surface area (TPSA) is 103 Å². The van der Waals surface area contributed by atoms with Crippen LogP contribution in [-0.4, -0.2) is 20.1 Å². The summed E-state index contributed by atoms with van der Waals surface area (Å²) in [7, 11) is 0. The average Bonchev–Trinajstić information content (AvgIpc) is 2.81. The monoisotopic (exact) mass is 256 g/mol. The molecule has 0 unspecified atom stereocenters. The van der Waals surface area contributed by atoms with E-state index in [1.165, 1.54) is 6.33 Å². The fourth-order valence-electron chi connectivity index (χ4n) is 1.79. The van der Waals surface area contributed by atoms with Crippen molar-refractivity contribution in [3.63, 3.8) is 0 Å². The van der Waals surface area contributed by atoms with Gasteiger partial charge in [-0.05, 0) is 25.1 Å². The largest absolute Gasteiger partial charge is 0.399 e. The van der Waals surface area contributed by atoms with E-state index in [2.05, 4.69) is 25.4 Å². The van der Waals surface area contributed by atoms with Crippen molar-refractivity contribution in [2.75, 3.05) is 11.1 Å². The molecule has 0 atom stereocenters. The Balaban J connectivity index is 1.88. The Labute approximate surface area is 108 Å². The van der Waals surface area contributed by atoms with E-state index in [0.29, 0.717) is 29.8 Å². The maximum atomic E-state index is 5.73. The van der Waals surface area contributed by atoms with Gasteiger partial charge in [0.2, 0.25) is 5.89 Å². The molecule has 0 saturated carbocycles. The Kier molecular flexibility index (Phi) is 2.71. The number of fused-ring (bicyclic) bond motifs is 1. The fraction of sp³-hybridized carbons (Fsp3) is 0.167. The first kappa shape index (κ1) is 11.4. The van der Waals surface area contributed by atoms with E-state index in [1.54, 1.807) is 13.0 Å². The van der Waals surface area contributed by atoms with Gasteiger partial charge in [0.25, 0.3) is 0 Å². The Hall–Kier alpha value is -2.70. The number of hydrogen-bond donors (Lipinski definition) is 2. The molecule has 3 rings (SSSR count). The summed E-state index contributed by atoms with van der Waals surface area (Å²) >= 11 is 0. The van der Waals surface area contributed by atoms with Crippen LogP contribution >= 0.6 is 0 Å². The summed E-state index contributed by atoms with van der Waals surface area (Å²) in [6.07, 6.45) is 1.49. The summed E-state index contributed by atoms with van der Waals surface area (Å²) < 4.78 is 5.03. The predicted octanol–water partition coefficient (Wildman–Crippen LogP) is 1.52. The molecule has 0 amide bonds. The normalized spacial score (nSPS) is 10.8. The zero-order valence-electron chi connectivity index (χ0n) is 10.3. The lowest BCUT2D eigenvalue weighted by atomic mass is 10.2. The first-order chi connectivity index (χ1) is 9.22. The molecule has 0 aliphatic heterocycles. The van der Waals surface area contributed by atoms with E-state index in [0.717, 1.165) is 10.9 Å². The molecule has 7 nitrogen and oxygen atoms in total. The van der Waals surface area contributed by atoms with Crippen molar-refractivity contribution < 1.29 is 4.52 Å². The molecule has 2 heterocycles. The fourth-order valence-corrected chi connectivity index (χ4v) is 1.79. The minimum atomic E-state index is 0.414. The van der Waals surface area contributed by atoms with Crippen LogP contribution in [0.3, 0.4) is 0 Å². The maximum Gasteiger partial charge on any atom is 0.245 e. The second-order valence-electron chi connectivity index (χ2n) is 4.09. The van der Waals surface area contributed by atoms with Crippen LogP contribution in [0.5, 0.6) is 0 Å². The van der Waals surface area contributed by atoms with E-state index in [1.807, 2.05) is 12.1 Å². The highest BCUT2D eigenvalue weighted by atomic mass is 16.5. The van der Waals surface area contributed by atoms with Gasteiger partial charge in [-0.25, -0.2) is 9.97 Å². The number of hydrogen-bond acceptors (Lipinski definition) is 7. The minimum absolute atomic E-state index is 0.414. The summed E-state index contributed by atoms with van der Waals surface area (Å²) in [6, 6.07) is 5.50. The first-order valence-electron chi connectivity index (χ1n) is 5.75. The molecule has 0 aliphatic rings. The Morgan fingerprint density at radius 3 is 3.00 bits per heavy atom. The molecule has 1 aromatic carbocycles. The molecule has 0 aliphatic carbocycles. The number of nitrogen functional groups attached to an aromatic ring is 1. The standard InChI is InChI=1S/C12H12N6O/c1-7-17-11(19-18-7)5-14-12-9-3-2-8(13)4-10(9)15-6-16-12/h2-4,6H,5,13H2,1H3,(H,14,15,16). The Bertz CT molecular complexity index is 723. The van der Waals surface area contributed by atoms with E-state index >= 15 is 0 Å². The number of aryl methyl sites for hydroxylation is 1. The highest BCUT2D eigenvalue weighted by Gasteiger charge is 2.06. The van der Waals surface area contributed by atoms with Crippen molar-refractivity contribution in [2.24, 2.45) is 0 Å². The zero-order valence-corrected chi connectivity index (χ0v) is 10.3. The lowest BCUT2D eigenvalue weighted by Gasteiger charge is -2.06. The number of nitrogens with zero attached hydrogens (tertiary/aromatic N) is 4. The van der Waals surface area contributed by atoms with Crippen molar-refractivity contribution >= 4 is 22.4 Å². The third-order valence-electron chi connectivity index (χ3n) is 2.64. The average molecular weight is 256 g/mol. The van der Waals surface area contributed by atoms with Gasteiger partial charge < -0.3 is 15.6 Å². The molecule has 3 N–H and O–H groups in total. The second kappa shape index (κ2) is 4.52. The summed E-state index contributed by atoms with van der Waals surface area (Å²) in [5, 5.41) is 7.77. The van der Waals surface area contributed by atoms with Crippen LogP contribution in [0.2, 0.25) is 0 Å². The molecule has 0 bridgehead atoms. The lowest BCUT2D eigenvalue weighted by molar-refractivity contribution is 0.379. The summed E-state index contributed by atoms with van der Waals surface area (Å²) in [4.78, 5) is 12.5. The van der Waals surface area contributed by atoms with Crippen LogP contribution in [-0.2, 0) is 6.54 Å². The molecule has 0 fully saturated rings. The molecule has 0 saturated heterocycles. The van der Waals surface area contributed by atoms with Crippen LogP contribution in [0, 0.1) is 6.92 Å². The molecule has 0 radical (unpaired) electrons. The van der Waals surface area contributed by atoms with E-state index in [4.69, 9.17) is 10.3 Å². The molecule has 96 valence electrons. The zero-order chi connectivity index (χ0) is 13.2. The SMILES string of the molecule is Cc1noc(CNc2ncnc3cc(N)ccc23)n1. The highest BCUT2D eigenvalue weighted by molar-refractivity contribution is 5.90. The van der Waals surface area contributed by atoms with E-state index < -0.39 is 0 Å². The van der Waals surface area contributed by atoms with Crippen LogP contribution < -0.4 is 11.1 Å². The highest BCUT2D eigenvalue weighted by Crippen LogP contribution is 2.21. The van der Waals surface area contributed by atoms with Crippen molar-refractivity contribution in [1.29, 1.82) is 0 Å². The van der Waals surface area contributed by atoms with Gasteiger partial charge >= 0.3 is 0 Å². The van der Waals surface area contributed by atoms with Gasteiger partial charge in [-0.3, -0.25) is 0 Å². The van der Waals surface area contributed by atoms with Crippen molar-refractivity contribution in [1.82, 2.24) is 20.1 Å². The number of nitrogens with one attached hydrogen (secondary N) is 1. The van der Waals surface area contributed by atoms with Gasteiger partial charge in [0, 0.05) is 11.1 Å². The van der Waals surface area contributed by atoms with Crippen LogP contribution in [0.1, 0.15) is 11.7 Å². The number of benzene rings is 1. The van der Waals surface area contributed by atoms with Gasteiger partial charge in [0.15, 0.2) is 5.82 Å². The van der Waals surface area contributed by atoms with Gasteiger partial charge in [-0.15, -0.1) is 0 Å². The summed E-state index contributed by atoms with van der Waals surface area (Å²) in [6.45, 7) is 2.19.